The number of fused-ring (bicyclic) bond motifs is 2. The van der Waals surface area contributed by atoms with Crippen LogP contribution in [-0.2, 0) is 6.54 Å². The van der Waals surface area contributed by atoms with E-state index in [4.69, 9.17) is 4.98 Å². The summed E-state index contributed by atoms with van der Waals surface area (Å²) >= 11 is 0. The van der Waals surface area contributed by atoms with Crippen LogP contribution < -0.4 is 5.43 Å². The third-order valence-corrected chi connectivity index (χ3v) is 6.23. The molecular weight excluding hydrogens is 420 g/mol. The van der Waals surface area contributed by atoms with Gasteiger partial charge in [0.2, 0.25) is 0 Å². The Morgan fingerprint density at radius 1 is 0.971 bits per heavy atom. The van der Waals surface area contributed by atoms with Crippen molar-refractivity contribution in [2.24, 2.45) is 5.10 Å². The van der Waals surface area contributed by atoms with Crippen LogP contribution in [0.3, 0.4) is 0 Å². The normalized spacial score (nSPS) is 11.5. The molecule has 0 atom stereocenters. The van der Waals surface area contributed by atoms with Gasteiger partial charge in [-0.3, -0.25) is 4.79 Å². The molecule has 5 heteroatoms. The van der Waals surface area contributed by atoms with Gasteiger partial charge in [0.15, 0.2) is 0 Å². The van der Waals surface area contributed by atoms with Crippen molar-refractivity contribution < 1.29 is 4.79 Å². The predicted molar refractivity (Wildman–Crippen MR) is 139 cm³/mol. The van der Waals surface area contributed by atoms with E-state index in [1.165, 1.54) is 11.1 Å². The maximum Gasteiger partial charge on any atom is 0.272 e. The van der Waals surface area contributed by atoms with Crippen molar-refractivity contribution in [1.82, 2.24) is 15.0 Å². The number of carbonyl (C=O) groups is 1. The Morgan fingerprint density at radius 2 is 1.74 bits per heavy atom. The lowest BCUT2D eigenvalue weighted by atomic mass is 10.0. The number of pyridine rings is 1. The summed E-state index contributed by atoms with van der Waals surface area (Å²) < 4.78 is 2.26. The van der Waals surface area contributed by atoms with Crippen LogP contribution in [0.25, 0.3) is 33.1 Å². The number of aromatic nitrogens is 2. The van der Waals surface area contributed by atoms with E-state index in [-0.39, 0.29) is 5.91 Å². The molecule has 0 saturated heterocycles. The van der Waals surface area contributed by atoms with Gasteiger partial charge in [-0.05, 0) is 45.0 Å². The molecule has 0 aliphatic rings. The summed E-state index contributed by atoms with van der Waals surface area (Å²) in [6.07, 6.45) is 1.75. The molecule has 5 rings (SSSR count). The van der Waals surface area contributed by atoms with Gasteiger partial charge in [-0.1, -0.05) is 60.2 Å². The SMILES string of the molecule is CCn1c(C)c(/C=N/NC(=O)c2cc(-c3ccccc3)nc3ccccc23)c2cc(C)ccc21. The number of amides is 1. The van der Waals surface area contributed by atoms with E-state index in [1.54, 1.807) is 6.21 Å². The fraction of sp³-hybridized carbons (Fsp3) is 0.138. The molecule has 0 radical (unpaired) electrons. The number of aryl methyl sites for hydroxylation is 2. The van der Waals surface area contributed by atoms with Crippen molar-refractivity contribution in [1.29, 1.82) is 0 Å². The minimum atomic E-state index is -0.264. The third kappa shape index (κ3) is 3.86. The summed E-state index contributed by atoms with van der Waals surface area (Å²) in [6, 6.07) is 25.8. The Labute approximate surface area is 198 Å². The maximum absolute atomic E-state index is 13.2. The van der Waals surface area contributed by atoms with Crippen molar-refractivity contribution in [3.63, 3.8) is 0 Å². The largest absolute Gasteiger partial charge is 0.344 e. The first-order valence-corrected chi connectivity index (χ1v) is 11.4. The Morgan fingerprint density at radius 3 is 2.53 bits per heavy atom. The zero-order valence-corrected chi connectivity index (χ0v) is 19.5. The average Bonchev–Trinajstić information content (AvgIpc) is 3.13. The molecule has 0 spiro atoms. The number of para-hydroxylation sites is 1. The average molecular weight is 447 g/mol. The molecule has 34 heavy (non-hydrogen) atoms. The number of nitrogens with zero attached hydrogens (tertiary/aromatic N) is 3. The maximum atomic E-state index is 13.2. The predicted octanol–water partition coefficient (Wildman–Crippen LogP) is 6.26. The number of hydrogen-bond donors (Lipinski definition) is 1. The lowest BCUT2D eigenvalue weighted by Gasteiger charge is -2.09. The smallest absolute Gasteiger partial charge is 0.272 e. The standard InChI is InChI=1S/C29H26N4O/c1-4-33-20(3)25(23-16-19(2)14-15-28(23)33)18-30-32-29(34)24-17-27(21-10-6-5-7-11-21)31-26-13-9-8-12-22(24)26/h5-18H,4H2,1-3H3,(H,32,34)/b30-18+. The minimum Gasteiger partial charge on any atom is -0.344 e. The van der Waals surface area contributed by atoms with Crippen LogP contribution in [0.1, 0.15) is 34.1 Å². The number of benzene rings is 3. The number of hydrogen-bond acceptors (Lipinski definition) is 3. The number of rotatable bonds is 5. The second kappa shape index (κ2) is 8.94. The highest BCUT2D eigenvalue weighted by molar-refractivity contribution is 6.08. The van der Waals surface area contributed by atoms with Crippen molar-refractivity contribution >= 4 is 33.9 Å². The summed E-state index contributed by atoms with van der Waals surface area (Å²) in [7, 11) is 0. The topological polar surface area (TPSA) is 59.3 Å². The van der Waals surface area contributed by atoms with E-state index in [1.807, 2.05) is 60.7 Å². The molecular formula is C29H26N4O. The molecule has 0 aliphatic heterocycles. The van der Waals surface area contributed by atoms with Crippen LogP contribution in [0.15, 0.2) is 84.0 Å². The molecule has 0 unspecified atom stereocenters. The molecule has 2 aromatic heterocycles. The van der Waals surface area contributed by atoms with Crippen LogP contribution >= 0.6 is 0 Å². The van der Waals surface area contributed by atoms with Gasteiger partial charge >= 0.3 is 0 Å². The highest BCUT2D eigenvalue weighted by Crippen LogP contribution is 2.27. The highest BCUT2D eigenvalue weighted by Gasteiger charge is 2.15. The van der Waals surface area contributed by atoms with Crippen LogP contribution in [0, 0.1) is 13.8 Å². The summed E-state index contributed by atoms with van der Waals surface area (Å²) in [5.74, 6) is -0.264. The first-order valence-electron chi connectivity index (χ1n) is 11.4. The fourth-order valence-corrected chi connectivity index (χ4v) is 4.53. The lowest BCUT2D eigenvalue weighted by molar-refractivity contribution is 0.0956. The van der Waals surface area contributed by atoms with Crippen molar-refractivity contribution in [3.8, 4) is 11.3 Å². The van der Waals surface area contributed by atoms with E-state index in [0.29, 0.717) is 5.56 Å². The second-order valence-electron chi connectivity index (χ2n) is 8.40. The van der Waals surface area contributed by atoms with Crippen LogP contribution in [0.5, 0.6) is 0 Å². The quantitative estimate of drug-likeness (QED) is 0.256. The number of nitrogens with one attached hydrogen (secondary N) is 1. The van der Waals surface area contributed by atoms with Gasteiger partial charge in [-0.25, -0.2) is 10.4 Å². The Hall–Kier alpha value is -4.25. The van der Waals surface area contributed by atoms with Gasteiger partial charge in [0, 0.05) is 39.7 Å². The first-order chi connectivity index (χ1) is 16.6. The van der Waals surface area contributed by atoms with Crippen molar-refractivity contribution in [2.45, 2.75) is 27.3 Å². The summed E-state index contributed by atoms with van der Waals surface area (Å²) in [4.78, 5) is 18.0. The highest BCUT2D eigenvalue weighted by atomic mass is 16.2. The van der Waals surface area contributed by atoms with Crippen LogP contribution in [-0.4, -0.2) is 21.7 Å². The van der Waals surface area contributed by atoms with E-state index < -0.39 is 0 Å². The van der Waals surface area contributed by atoms with E-state index in [2.05, 4.69) is 54.1 Å². The third-order valence-electron chi connectivity index (χ3n) is 6.23. The molecule has 0 bridgehead atoms. The summed E-state index contributed by atoms with van der Waals surface area (Å²) in [5, 5.41) is 6.29. The summed E-state index contributed by atoms with van der Waals surface area (Å²) in [5.41, 5.74) is 10.3. The Bertz CT molecular complexity index is 1550. The number of carbonyl (C=O) groups excluding carboxylic acids is 1. The number of hydrazone groups is 1. The monoisotopic (exact) mass is 446 g/mol. The minimum absolute atomic E-state index is 0.264. The molecule has 0 fully saturated rings. The van der Waals surface area contributed by atoms with Gasteiger partial charge in [-0.15, -0.1) is 0 Å². The second-order valence-corrected chi connectivity index (χ2v) is 8.40. The van der Waals surface area contributed by atoms with Crippen molar-refractivity contribution in [2.75, 3.05) is 0 Å². The van der Waals surface area contributed by atoms with E-state index in [9.17, 15) is 4.79 Å². The van der Waals surface area contributed by atoms with Crippen molar-refractivity contribution in [3.05, 3.63) is 101 Å². The molecule has 0 saturated carbocycles. The fourth-order valence-electron chi connectivity index (χ4n) is 4.53. The van der Waals surface area contributed by atoms with Crippen LogP contribution in [0.2, 0.25) is 0 Å². The molecule has 168 valence electrons. The first kappa shape index (κ1) is 21.6. The molecule has 1 N–H and O–H groups in total. The van der Waals surface area contributed by atoms with Gasteiger partial charge in [0.1, 0.15) is 0 Å². The van der Waals surface area contributed by atoms with Gasteiger partial charge < -0.3 is 4.57 Å². The molecule has 2 heterocycles. The van der Waals surface area contributed by atoms with E-state index >= 15 is 0 Å². The Kier molecular flexibility index (Phi) is 5.68. The zero-order chi connectivity index (χ0) is 23.7. The van der Waals surface area contributed by atoms with E-state index in [0.717, 1.165) is 45.3 Å². The van der Waals surface area contributed by atoms with Gasteiger partial charge in [0.25, 0.3) is 5.91 Å². The molecule has 1 amide bonds. The zero-order valence-electron chi connectivity index (χ0n) is 19.5. The van der Waals surface area contributed by atoms with Gasteiger partial charge in [0.05, 0.1) is 23.0 Å². The van der Waals surface area contributed by atoms with Crippen LogP contribution in [0.4, 0.5) is 0 Å². The molecule has 5 aromatic rings. The molecule has 0 aliphatic carbocycles. The molecule has 3 aromatic carbocycles. The van der Waals surface area contributed by atoms with Gasteiger partial charge in [-0.2, -0.15) is 5.10 Å². The lowest BCUT2D eigenvalue weighted by Crippen LogP contribution is -2.18. The summed E-state index contributed by atoms with van der Waals surface area (Å²) in [6.45, 7) is 7.18. The molecule has 5 nitrogen and oxygen atoms in total. The Balaban J connectivity index is 1.51.